The van der Waals surface area contributed by atoms with Crippen molar-refractivity contribution in [3.8, 4) is 5.75 Å². The van der Waals surface area contributed by atoms with Crippen molar-refractivity contribution in [1.29, 1.82) is 0 Å². The van der Waals surface area contributed by atoms with E-state index in [2.05, 4.69) is 10.5 Å². The molecule has 1 N–H and O–H groups in total. The second kappa shape index (κ2) is 9.27. The van der Waals surface area contributed by atoms with Crippen molar-refractivity contribution in [2.24, 2.45) is 5.10 Å². The van der Waals surface area contributed by atoms with Crippen LogP contribution in [-0.2, 0) is 6.61 Å². The number of carbonyl (C=O) groups is 1. The zero-order valence-electron chi connectivity index (χ0n) is 15.7. The van der Waals surface area contributed by atoms with Gasteiger partial charge in [-0.25, -0.2) is 5.43 Å². The standard InChI is InChI=1S/C22H19N3O4/c1-16-5-2-3-8-21(16)22(26)24-23-14-18-6-4-7-20(13-18)29-15-17-9-11-19(12-10-17)25(27)28/h2-14H,15H2,1H3,(H,24,26)/b23-14-. The lowest BCUT2D eigenvalue weighted by atomic mass is 10.1. The predicted octanol–water partition coefficient (Wildman–Crippen LogP) is 4.25. The van der Waals surface area contributed by atoms with Gasteiger partial charge in [0.2, 0.25) is 0 Å². The Kier molecular flexibility index (Phi) is 6.32. The molecule has 0 heterocycles. The average molecular weight is 389 g/mol. The van der Waals surface area contributed by atoms with Crippen molar-refractivity contribution in [1.82, 2.24) is 5.43 Å². The summed E-state index contributed by atoms with van der Waals surface area (Å²) in [4.78, 5) is 22.4. The van der Waals surface area contributed by atoms with Gasteiger partial charge in [-0.3, -0.25) is 14.9 Å². The fourth-order valence-electron chi connectivity index (χ4n) is 2.62. The maximum absolute atomic E-state index is 12.2. The molecule has 0 saturated heterocycles. The molecule has 7 heteroatoms. The minimum Gasteiger partial charge on any atom is -0.489 e. The minimum absolute atomic E-state index is 0.0414. The summed E-state index contributed by atoms with van der Waals surface area (Å²) < 4.78 is 5.73. The van der Waals surface area contributed by atoms with Crippen molar-refractivity contribution in [3.63, 3.8) is 0 Å². The van der Waals surface area contributed by atoms with Gasteiger partial charge in [-0.15, -0.1) is 0 Å². The first kappa shape index (κ1) is 19.8. The van der Waals surface area contributed by atoms with E-state index in [9.17, 15) is 14.9 Å². The molecule has 146 valence electrons. The van der Waals surface area contributed by atoms with E-state index in [1.165, 1.54) is 18.3 Å². The Labute approximate surface area is 167 Å². The van der Waals surface area contributed by atoms with E-state index in [-0.39, 0.29) is 18.2 Å². The third kappa shape index (κ3) is 5.49. The number of amides is 1. The van der Waals surface area contributed by atoms with Crippen LogP contribution < -0.4 is 10.2 Å². The summed E-state index contributed by atoms with van der Waals surface area (Å²) >= 11 is 0. The quantitative estimate of drug-likeness (QED) is 0.371. The highest BCUT2D eigenvalue weighted by Gasteiger charge is 2.06. The van der Waals surface area contributed by atoms with Crippen molar-refractivity contribution in [2.45, 2.75) is 13.5 Å². The summed E-state index contributed by atoms with van der Waals surface area (Å²) in [6, 6.07) is 20.7. The Balaban J connectivity index is 1.57. The normalized spacial score (nSPS) is 10.7. The molecule has 3 aromatic carbocycles. The highest BCUT2D eigenvalue weighted by Crippen LogP contribution is 2.16. The van der Waals surface area contributed by atoms with E-state index in [0.29, 0.717) is 11.3 Å². The van der Waals surface area contributed by atoms with E-state index in [4.69, 9.17) is 4.74 Å². The van der Waals surface area contributed by atoms with Crippen molar-refractivity contribution in [2.75, 3.05) is 0 Å². The van der Waals surface area contributed by atoms with Crippen LogP contribution in [-0.4, -0.2) is 17.0 Å². The highest BCUT2D eigenvalue weighted by molar-refractivity contribution is 5.96. The number of aryl methyl sites for hydroxylation is 1. The fraction of sp³-hybridized carbons (Fsp3) is 0.0909. The molecule has 0 atom stereocenters. The first-order valence-corrected chi connectivity index (χ1v) is 8.88. The predicted molar refractivity (Wildman–Crippen MR) is 110 cm³/mol. The largest absolute Gasteiger partial charge is 0.489 e. The summed E-state index contributed by atoms with van der Waals surface area (Å²) in [5.41, 5.74) is 5.59. The molecule has 0 aromatic heterocycles. The van der Waals surface area contributed by atoms with Gasteiger partial charge in [0.25, 0.3) is 11.6 Å². The minimum atomic E-state index is -0.439. The number of rotatable bonds is 7. The lowest BCUT2D eigenvalue weighted by Gasteiger charge is -2.07. The number of nitro benzene ring substituents is 1. The molecule has 0 unspecified atom stereocenters. The Morgan fingerprint density at radius 1 is 1.10 bits per heavy atom. The molecule has 0 radical (unpaired) electrons. The van der Waals surface area contributed by atoms with Crippen LogP contribution in [0.2, 0.25) is 0 Å². The van der Waals surface area contributed by atoms with E-state index in [1.807, 2.05) is 31.2 Å². The first-order valence-electron chi connectivity index (χ1n) is 8.88. The molecule has 3 aromatic rings. The fourth-order valence-corrected chi connectivity index (χ4v) is 2.62. The van der Waals surface area contributed by atoms with Gasteiger partial charge < -0.3 is 4.74 Å². The lowest BCUT2D eigenvalue weighted by molar-refractivity contribution is -0.384. The maximum atomic E-state index is 12.2. The molecule has 1 amide bonds. The van der Waals surface area contributed by atoms with Crippen LogP contribution in [0, 0.1) is 17.0 Å². The van der Waals surface area contributed by atoms with Crippen LogP contribution in [0.5, 0.6) is 5.75 Å². The molecular weight excluding hydrogens is 370 g/mol. The Morgan fingerprint density at radius 2 is 1.86 bits per heavy atom. The molecule has 0 aliphatic heterocycles. The zero-order chi connectivity index (χ0) is 20.6. The number of nitro groups is 1. The number of hydrazone groups is 1. The van der Waals surface area contributed by atoms with Crippen molar-refractivity contribution >= 4 is 17.8 Å². The molecule has 0 fully saturated rings. The monoisotopic (exact) mass is 389 g/mol. The van der Waals surface area contributed by atoms with Crippen LogP contribution >= 0.6 is 0 Å². The number of non-ortho nitro benzene ring substituents is 1. The molecule has 0 aliphatic rings. The smallest absolute Gasteiger partial charge is 0.271 e. The highest BCUT2D eigenvalue weighted by atomic mass is 16.6. The van der Waals surface area contributed by atoms with Gasteiger partial charge in [0.1, 0.15) is 12.4 Å². The molecular formula is C22H19N3O4. The van der Waals surface area contributed by atoms with Gasteiger partial charge >= 0.3 is 0 Å². The van der Waals surface area contributed by atoms with Crippen LogP contribution in [0.25, 0.3) is 0 Å². The Bertz CT molecular complexity index is 1050. The summed E-state index contributed by atoms with van der Waals surface area (Å²) in [5.74, 6) is 0.349. The van der Waals surface area contributed by atoms with E-state index in [0.717, 1.165) is 16.7 Å². The van der Waals surface area contributed by atoms with E-state index < -0.39 is 4.92 Å². The van der Waals surface area contributed by atoms with Crippen molar-refractivity contribution < 1.29 is 14.5 Å². The number of carbonyl (C=O) groups excluding carboxylic acids is 1. The molecule has 7 nitrogen and oxygen atoms in total. The average Bonchev–Trinajstić information content (AvgIpc) is 2.73. The number of nitrogens with zero attached hydrogens (tertiary/aromatic N) is 2. The number of ether oxygens (including phenoxy) is 1. The van der Waals surface area contributed by atoms with Crippen LogP contribution in [0.3, 0.4) is 0 Å². The summed E-state index contributed by atoms with van der Waals surface area (Å²) in [5, 5.41) is 14.7. The van der Waals surface area contributed by atoms with Gasteiger partial charge in [-0.2, -0.15) is 5.10 Å². The van der Waals surface area contributed by atoms with Gasteiger partial charge in [-0.05, 0) is 53.9 Å². The van der Waals surface area contributed by atoms with Gasteiger partial charge in [0.15, 0.2) is 0 Å². The molecule has 29 heavy (non-hydrogen) atoms. The molecule has 0 saturated carbocycles. The molecule has 0 bridgehead atoms. The molecule has 0 spiro atoms. The summed E-state index contributed by atoms with van der Waals surface area (Å²) in [7, 11) is 0. The maximum Gasteiger partial charge on any atom is 0.271 e. The lowest BCUT2D eigenvalue weighted by Crippen LogP contribution is -2.18. The topological polar surface area (TPSA) is 93.8 Å². The second-order valence-electron chi connectivity index (χ2n) is 6.30. The summed E-state index contributed by atoms with van der Waals surface area (Å²) in [6.07, 6.45) is 1.54. The van der Waals surface area contributed by atoms with E-state index in [1.54, 1.807) is 36.4 Å². The number of nitrogens with one attached hydrogen (secondary N) is 1. The third-order valence-electron chi connectivity index (χ3n) is 4.18. The number of hydrogen-bond donors (Lipinski definition) is 1. The SMILES string of the molecule is Cc1ccccc1C(=O)N/N=C\c1cccc(OCc2ccc([N+](=O)[O-])cc2)c1. The van der Waals surface area contributed by atoms with Gasteiger partial charge in [-0.1, -0.05) is 30.3 Å². The van der Waals surface area contributed by atoms with Gasteiger partial charge in [0, 0.05) is 17.7 Å². The zero-order valence-corrected chi connectivity index (χ0v) is 15.7. The summed E-state index contributed by atoms with van der Waals surface area (Å²) in [6.45, 7) is 2.15. The first-order chi connectivity index (χ1) is 14.0. The van der Waals surface area contributed by atoms with E-state index >= 15 is 0 Å². The van der Waals surface area contributed by atoms with Crippen LogP contribution in [0.1, 0.15) is 27.0 Å². The molecule has 0 aliphatic carbocycles. The number of hydrogen-bond acceptors (Lipinski definition) is 5. The Hall–Kier alpha value is -4.00. The molecule has 3 rings (SSSR count). The number of benzene rings is 3. The van der Waals surface area contributed by atoms with Crippen LogP contribution in [0.4, 0.5) is 5.69 Å². The third-order valence-corrected chi connectivity index (χ3v) is 4.18. The van der Waals surface area contributed by atoms with Crippen molar-refractivity contribution in [3.05, 3.63) is 105 Å². The second-order valence-corrected chi connectivity index (χ2v) is 6.30. The Morgan fingerprint density at radius 3 is 2.59 bits per heavy atom. The van der Waals surface area contributed by atoms with Crippen LogP contribution in [0.15, 0.2) is 77.9 Å². The van der Waals surface area contributed by atoms with Gasteiger partial charge in [0.05, 0.1) is 11.1 Å².